The number of sulfonamides is 1. The molecule has 0 unspecified atom stereocenters. The van der Waals surface area contributed by atoms with Crippen LogP contribution in [0, 0.1) is 0 Å². The van der Waals surface area contributed by atoms with Crippen LogP contribution in [0.2, 0.25) is 0 Å². The average molecular weight is 431 g/mol. The number of nitrogens with one attached hydrogen (secondary N) is 2. The Morgan fingerprint density at radius 3 is 2.59 bits per heavy atom. The fourth-order valence-corrected chi connectivity index (χ4v) is 5.00. The van der Waals surface area contributed by atoms with E-state index in [0.29, 0.717) is 30.3 Å². The van der Waals surface area contributed by atoms with Crippen LogP contribution in [0.4, 0.5) is 10.8 Å². The summed E-state index contributed by atoms with van der Waals surface area (Å²) in [6, 6.07) is 16.0. The van der Waals surface area contributed by atoms with E-state index in [-0.39, 0.29) is 18.3 Å². The second-order valence-electron chi connectivity index (χ2n) is 6.63. The first-order valence-electron chi connectivity index (χ1n) is 9.14. The smallest absolute Gasteiger partial charge is 0.263 e. The molecule has 1 aromatic heterocycles. The van der Waals surface area contributed by atoms with Crippen molar-refractivity contribution in [2.75, 3.05) is 16.2 Å². The lowest BCUT2D eigenvalue weighted by Crippen LogP contribution is -2.38. The average Bonchev–Trinajstić information content (AvgIpc) is 3.36. The Kier molecular flexibility index (Phi) is 5.61. The number of nitrogens with zero attached hydrogens (tertiary/aromatic N) is 2. The van der Waals surface area contributed by atoms with Gasteiger partial charge in [0.1, 0.15) is 0 Å². The van der Waals surface area contributed by atoms with Gasteiger partial charge in [0.05, 0.1) is 10.9 Å². The molecule has 1 atom stereocenters. The number of rotatable bonds is 7. The molecule has 152 valence electrons. The van der Waals surface area contributed by atoms with Crippen molar-refractivity contribution in [3.05, 3.63) is 71.7 Å². The van der Waals surface area contributed by atoms with E-state index in [0.717, 1.165) is 5.56 Å². The summed E-state index contributed by atoms with van der Waals surface area (Å²) in [6.45, 7) is 1.22. The minimum Gasteiger partial charge on any atom is -0.311 e. The zero-order chi connectivity index (χ0) is 20.3. The molecule has 2 aromatic carbocycles. The molecule has 2 N–H and O–H groups in total. The van der Waals surface area contributed by atoms with Crippen LogP contribution >= 0.6 is 11.3 Å². The number of thiazole rings is 1. The molecular formula is C20H22N4O3S2. The van der Waals surface area contributed by atoms with Gasteiger partial charge in [-0.15, -0.1) is 11.3 Å². The quantitative estimate of drug-likeness (QED) is 0.601. The van der Waals surface area contributed by atoms with E-state index in [1.165, 1.54) is 29.7 Å². The van der Waals surface area contributed by atoms with E-state index in [9.17, 15) is 13.2 Å². The SMILES string of the molecule is O=C1[C@@H](NCc2ccccc2)CCN1c1ccc(S(=O)(=O)Nc2nccs2)cc1.[HH]. The van der Waals surface area contributed by atoms with Crippen molar-refractivity contribution in [2.24, 2.45) is 0 Å². The number of amides is 1. The van der Waals surface area contributed by atoms with Crippen LogP contribution in [-0.4, -0.2) is 31.9 Å². The molecular weight excluding hydrogens is 408 g/mol. The topological polar surface area (TPSA) is 91.4 Å². The maximum atomic E-state index is 12.7. The van der Waals surface area contributed by atoms with E-state index in [2.05, 4.69) is 15.0 Å². The van der Waals surface area contributed by atoms with Gasteiger partial charge < -0.3 is 10.2 Å². The lowest BCUT2D eigenvalue weighted by molar-refractivity contribution is -0.118. The number of aromatic nitrogens is 1. The van der Waals surface area contributed by atoms with Crippen LogP contribution in [0.1, 0.15) is 13.4 Å². The Labute approximate surface area is 174 Å². The van der Waals surface area contributed by atoms with Gasteiger partial charge in [-0.1, -0.05) is 30.3 Å². The van der Waals surface area contributed by atoms with Crippen molar-refractivity contribution in [3.8, 4) is 0 Å². The lowest BCUT2D eigenvalue weighted by atomic mass is 10.2. The van der Waals surface area contributed by atoms with Gasteiger partial charge in [-0.25, -0.2) is 13.4 Å². The van der Waals surface area contributed by atoms with Gasteiger partial charge in [0.2, 0.25) is 5.91 Å². The molecule has 0 aliphatic carbocycles. The van der Waals surface area contributed by atoms with Gasteiger partial charge in [0.15, 0.2) is 5.13 Å². The molecule has 0 bridgehead atoms. The second kappa shape index (κ2) is 8.32. The van der Waals surface area contributed by atoms with Gasteiger partial charge >= 0.3 is 0 Å². The van der Waals surface area contributed by atoms with Gasteiger partial charge in [-0.2, -0.15) is 0 Å². The molecule has 1 saturated heterocycles. The van der Waals surface area contributed by atoms with Crippen molar-refractivity contribution in [3.63, 3.8) is 0 Å². The third kappa shape index (κ3) is 4.47. The molecule has 1 fully saturated rings. The van der Waals surface area contributed by atoms with Gasteiger partial charge in [0, 0.05) is 31.8 Å². The fourth-order valence-electron chi connectivity index (χ4n) is 3.22. The molecule has 1 aliphatic rings. The van der Waals surface area contributed by atoms with Crippen LogP contribution in [0.3, 0.4) is 0 Å². The van der Waals surface area contributed by atoms with Crippen LogP contribution in [-0.2, 0) is 21.4 Å². The predicted octanol–water partition coefficient (Wildman–Crippen LogP) is 3.09. The molecule has 2 heterocycles. The van der Waals surface area contributed by atoms with E-state index in [4.69, 9.17) is 0 Å². The van der Waals surface area contributed by atoms with Crippen molar-refractivity contribution in [1.82, 2.24) is 10.3 Å². The predicted molar refractivity (Wildman–Crippen MR) is 116 cm³/mol. The summed E-state index contributed by atoms with van der Waals surface area (Å²) in [4.78, 5) is 18.5. The fraction of sp³-hybridized carbons (Fsp3) is 0.200. The Hall–Kier alpha value is -2.75. The molecule has 29 heavy (non-hydrogen) atoms. The largest absolute Gasteiger partial charge is 0.311 e. The van der Waals surface area contributed by atoms with Crippen molar-refractivity contribution < 1.29 is 14.6 Å². The maximum absolute atomic E-state index is 12.7. The Morgan fingerprint density at radius 1 is 1.14 bits per heavy atom. The molecule has 9 heteroatoms. The summed E-state index contributed by atoms with van der Waals surface area (Å²) in [6.07, 6.45) is 2.24. The minimum absolute atomic E-state index is 0. The first kappa shape index (κ1) is 19.6. The van der Waals surface area contributed by atoms with E-state index in [1.54, 1.807) is 22.4 Å². The third-order valence-electron chi connectivity index (χ3n) is 4.71. The van der Waals surface area contributed by atoms with E-state index < -0.39 is 10.0 Å². The second-order valence-corrected chi connectivity index (χ2v) is 9.21. The number of hydrogen-bond acceptors (Lipinski definition) is 6. The first-order valence-corrected chi connectivity index (χ1v) is 11.5. The molecule has 0 saturated carbocycles. The van der Waals surface area contributed by atoms with Crippen LogP contribution in [0.25, 0.3) is 0 Å². The number of carbonyl (C=O) groups is 1. The molecule has 0 radical (unpaired) electrons. The number of carbonyl (C=O) groups excluding carboxylic acids is 1. The zero-order valence-corrected chi connectivity index (χ0v) is 17.1. The first-order chi connectivity index (χ1) is 14.0. The molecule has 1 amide bonds. The Balaban J connectivity index is 0.00000256. The molecule has 0 spiro atoms. The lowest BCUT2D eigenvalue weighted by Gasteiger charge is -2.18. The number of hydrogen-bond donors (Lipinski definition) is 2. The highest BCUT2D eigenvalue weighted by molar-refractivity contribution is 7.93. The van der Waals surface area contributed by atoms with Gasteiger partial charge in [-0.3, -0.25) is 9.52 Å². The third-order valence-corrected chi connectivity index (χ3v) is 6.89. The van der Waals surface area contributed by atoms with Crippen LogP contribution in [0.5, 0.6) is 0 Å². The summed E-state index contributed by atoms with van der Waals surface area (Å²) in [7, 11) is -3.70. The Bertz CT molecular complexity index is 1080. The normalized spacial score (nSPS) is 16.9. The number of benzene rings is 2. The Morgan fingerprint density at radius 2 is 1.90 bits per heavy atom. The van der Waals surface area contributed by atoms with Gasteiger partial charge in [-0.05, 0) is 36.2 Å². The van der Waals surface area contributed by atoms with Crippen molar-refractivity contribution >= 4 is 38.1 Å². The summed E-state index contributed by atoms with van der Waals surface area (Å²) < 4.78 is 27.3. The van der Waals surface area contributed by atoms with Crippen LogP contribution in [0.15, 0.2) is 71.1 Å². The highest BCUT2D eigenvalue weighted by Crippen LogP contribution is 2.25. The van der Waals surface area contributed by atoms with E-state index >= 15 is 0 Å². The number of anilines is 2. The maximum Gasteiger partial charge on any atom is 0.263 e. The standard InChI is InChI=1S/C20H20N4O3S2.H2/c25-19-18(22-14-15-4-2-1-3-5-15)10-12-24(19)16-6-8-17(9-7-16)29(26,27)23-20-21-11-13-28-20;/h1-9,11,13,18,22H,10,12,14H2,(H,21,23);1H/t18-;/m0./s1. The minimum atomic E-state index is -3.70. The summed E-state index contributed by atoms with van der Waals surface area (Å²) in [5.74, 6) is -0.00236. The molecule has 4 rings (SSSR count). The summed E-state index contributed by atoms with van der Waals surface area (Å²) >= 11 is 1.21. The van der Waals surface area contributed by atoms with Crippen LogP contribution < -0.4 is 14.9 Å². The summed E-state index contributed by atoms with van der Waals surface area (Å²) in [5.41, 5.74) is 1.81. The van der Waals surface area contributed by atoms with Crippen molar-refractivity contribution in [2.45, 2.75) is 23.9 Å². The zero-order valence-electron chi connectivity index (χ0n) is 15.5. The molecule has 7 nitrogen and oxygen atoms in total. The molecule has 1 aliphatic heterocycles. The monoisotopic (exact) mass is 430 g/mol. The van der Waals surface area contributed by atoms with Crippen molar-refractivity contribution in [1.29, 1.82) is 0 Å². The van der Waals surface area contributed by atoms with E-state index in [1.807, 2.05) is 30.3 Å². The highest BCUT2D eigenvalue weighted by atomic mass is 32.2. The molecule has 3 aromatic rings. The summed E-state index contributed by atoms with van der Waals surface area (Å²) in [5, 5.41) is 5.32. The highest BCUT2D eigenvalue weighted by Gasteiger charge is 2.32. The van der Waals surface area contributed by atoms with Gasteiger partial charge in [0.25, 0.3) is 10.0 Å².